The second-order valence-electron chi connectivity index (χ2n) is 5.23. The van der Waals surface area contributed by atoms with Gasteiger partial charge in [-0.05, 0) is 18.9 Å². The molecule has 104 valence electrons. The number of amides is 1. The molecule has 0 bridgehead atoms. The number of hydrogen-bond donors (Lipinski definition) is 0. The molecular formula is C13H20N4O2. The van der Waals surface area contributed by atoms with E-state index in [2.05, 4.69) is 10.00 Å². The van der Waals surface area contributed by atoms with Crippen molar-refractivity contribution in [1.29, 1.82) is 0 Å². The summed E-state index contributed by atoms with van der Waals surface area (Å²) in [5.41, 5.74) is 0. The van der Waals surface area contributed by atoms with Gasteiger partial charge in [-0.2, -0.15) is 0 Å². The number of carbonyl (C=O) groups excluding carboxylic acids is 1. The lowest BCUT2D eigenvalue weighted by molar-refractivity contribution is 0.0505. The van der Waals surface area contributed by atoms with Gasteiger partial charge in [0.15, 0.2) is 0 Å². The van der Waals surface area contributed by atoms with Crippen LogP contribution in [0.2, 0.25) is 0 Å². The smallest absolute Gasteiger partial charge is 0.304 e. The summed E-state index contributed by atoms with van der Waals surface area (Å²) in [5, 5.41) is 3.87. The molecule has 2 heterocycles. The Kier molecular flexibility index (Phi) is 3.68. The van der Waals surface area contributed by atoms with Gasteiger partial charge < -0.3 is 4.90 Å². The number of nitrogens with zero attached hydrogens (tertiary/aromatic N) is 4. The topological polar surface area (TPSA) is 50.6 Å². The van der Waals surface area contributed by atoms with E-state index >= 15 is 0 Å². The van der Waals surface area contributed by atoms with Crippen LogP contribution in [0.4, 0.5) is 4.79 Å². The maximum absolute atomic E-state index is 11.9. The summed E-state index contributed by atoms with van der Waals surface area (Å²) in [5.74, 6) is 0. The van der Waals surface area contributed by atoms with Crippen LogP contribution in [0.25, 0.3) is 0 Å². The van der Waals surface area contributed by atoms with Gasteiger partial charge in [0, 0.05) is 32.2 Å². The third-order valence-electron chi connectivity index (χ3n) is 4.07. The summed E-state index contributed by atoms with van der Waals surface area (Å²) in [6.45, 7) is 3.41. The molecule has 3 rings (SSSR count). The van der Waals surface area contributed by atoms with Crippen molar-refractivity contribution in [1.82, 2.24) is 19.7 Å². The minimum atomic E-state index is -0.310. The molecule has 0 atom stereocenters. The summed E-state index contributed by atoms with van der Waals surface area (Å²) in [6, 6.07) is 2.47. The van der Waals surface area contributed by atoms with Crippen LogP contribution < -0.4 is 4.84 Å². The first-order valence-corrected chi connectivity index (χ1v) is 7.04. The van der Waals surface area contributed by atoms with Gasteiger partial charge in [-0.3, -0.25) is 9.74 Å². The summed E-state index contributed by atoms with van der Waals surface area (Å²) < 4.78 is 0. The molecule has 1 saturated heterocycles. The van der Waals surface area contributed by atoms with Gasteiger partial charge in [0.1, 0.15) is 0 Å². The summed E-state index contributed by atoms with van der Waals surface area (Å²) in [6.07, 6.45) is 8.24. The molecule has 0 aromatic carbocycles. The lowest BCUT2D eigenvalue weighted by Crippen LogP contribution is -2.52. The van der Waals surface area contributed by atoms with E-state index in [1.165, 1.54) is 30.5 Å². The van der Waals surface area contributed by atoms with Gasteiger partial charge >= 0.3 is 6.09 Å². The highest BCUT2D eigenvalue weighted by Crippen LogP contribution is 2.24. The van der Waals surface area contributed by atoms with Gasteiger partial charge in [0.05, 0.1) is 12.4 Å². The van der Waals surface area contributed by atoms with E-state index in [0.717, 1.165) is 32.2 Å². The molecule has 0 radical (unpaired) electrons. The molecule has 19 heavy (non-hydrogen) atoms. The first-order valence-electron chi connectivity index (χ1n) is 7.04. The quantitative estimate of drug-likeness (QED) is 0.799. The van der Waals surface area contributed by atoms with E-state index in [1.54, 1.807) is 23.4 Å². The van der Waals surface area contributed by atoms with Gasteiger partial charge in [0.2, 0.25) is 0 Å². The van der Waals surface area contributed by atoms with E-state index in [0.29, 0.717) is 0 Å². The standard InChI is InChI=1S/C13H20N4O2/c18-13(19-17-7-3-6-14-17)16-10-8-15(9-11-16)12-4-1-2-5-12/h3,6-7,12H,1-2,4-5,8-11H2. The number of rotatable bonds is 2. The van der Waals surface area contributed by atoms with E-state index in [4.69, 9.17) is 4.84 Å². The van der Waals surface area contributed by atoms with Crippen LogP contribution in [0.3, 0.4) is 0 Å². The van der Waals surface area contributed by atoms with E-state index in [-0.39, 0.29) is 6.09 Å². The Hall–Kier alpha value is -1.56. The second kappa shape index (κ2) is 5.61. The summed E-state index contributed by atoms with van der Waals surface area (Å²) in [4.78, 5) is 22.5. The van der Waals surface area contributed by atoms with Crippen molar-refractivity contribution in [2.24, 2.45) is 0 Å². The van der Waals surface area contributed by atoms with Crippen molar-refractivity contribution < 1.29 is 9.63 Å². The van der Waals surface area contributed by atoms with Gasteiger partial charge in [-0.15, -0.1) is 5.10 Å². The Labute approximate surface area is 112 Å². The zero-order chi connectivity index (χ0) is 13.1. The number of hydrogen-bond acceptors (Lipinski definition) is 4. The first kappa shape index (κ1) is 12.5. The normalized spacial score (nSPS) is 21.8. The molecule has 2 fully saturated rings. The van der Waals surface area contributed by atoms with Gasteiger partial charge in [-0.25, -0.2) is 4.79 Å². The SMILES string of the molecule is O=C(On1cccn1)N1CCN(C2CCCC2)CC1. The van der Waals surface area contributed by atoms with Crippen molar-refractivity contribution in [3.05, 3.63) is 18.5 Å². The maximum Gasteiger partial charge on any atom is 0.436 e. The predicted octanol–water partition coefficient (Wildman–Crippen LogP) is 0.992. The average molecular weight is 264 g/mol. The number of carbonyl (C=O) groups is 1. The van der Waals surface area contributed by atoms with Crippen LogP contribution in [0, 0.1) is 0 Å². The van der Waals surface area contributed by atoms with Crippen LogP contribution in [0.15, 0.2) is 18.5 Å². The first-order chi connectivity index (χ1) is 9.33. The zero-order valence-corrected chi connectivity index (χ0v) is 11.1. The Morgan fingerprint density at radius 1 is 1.16 bits per heavy atom. The molecule has 1 amide bonds. The highest BCUT2D eigenvalue weighted by Gasteiger charge is 2.28. The van der Waals surface area contributed by atoms with Crippen LogP contribution >= 0.6 is 0 Å². The molecule has 6 heteroatoms. The molecule has 1 aliphatic carbocycles. The van der Waals surface area contributed by atoms with Gasteiger partial charge in [0.25, 0.3) is 0 Å². The molecule has 2 aliphatic rings. The van der Waals surface area contributed by atoms with Gasteiger partial charge in [-0.1, -0.05) is 17.7 Å². The fraction of sp³-hybridized carbons (Fsp3) is 0.692. The summed E-state index contributed by atoms with van der Waals surface area (Å²) in [7, 11) is 0. The Morgan fingerprint density at radius 3 is 2.53 bits per heavy atom. The third kappa shape index (κ3) is 2.89. The Bertz CT molecular complexity index is 406. The zero-order valence-electron chi connectivity index (χ0n) is 11.1. The number of aromatic nitrogens is 2. The van der Waals surface area contributed by atoms with Crippen LogP contribution in [0.1, 0.15) is 25.7 Å². The average Bonchev–Trinajstić information content (AvgIpc) is 3.12. The molecule has 1 saturated carbocycles. The molecule has 1 aromatic heterocycles. The van der Waals surface area contributed by atoms with Crippen LogP contribution in [-0.4, -0.2) is 58.1 Å². The maximum atomic E-state index is 11.9. The predicted molar refractivity (Wildman–Crippen MR) is 69.6 cm³/mol. The molecule has 1 aromatic rings. The lowest BCUT2D eigenvalue weighted by atomic mass is 10.2. The van der Waals surface area contributed by atoms with Crippen molar-refractivity contribution >= 4 is 6.09 Å². The monoisotopic (exact) mass is 264 g/mol. The molecule has 0 spiro atoms. The highest BCUT2D eigenvalue weighted by atomic mass is 16.7. The second-order valence-corrected chi connectivity index (χ2v) is 5.23. The Morgan fingerprint density at radius 2 is 1.89 bits per heavy atom. The molecule has 0 N–H and O–H groups in total. The van der Waals surface area contributed by atoms with Crippen molar-refractivity contribution in [2.45, 2.75) is 31.7 Å². The van der Waals surface area contributed by atoms with E-state index in [1.807, 2.05) is 0 Å². The minimum Gasteiger partial charge on any atom is -0.304 e. The summed E-state index contributed by atoms with van der Waals surface area (Å²) >= 11 is 0. The van der Waals surface area contributed by atoms with Crippen LogP contribution in [0.5, 0.6) is 0 Å². The number of piperazine rings is 1. The Balaban J connectivity index is 1.48. The third-order valence-corrected chi connectivity index (χ3v) is 4.07. The van der Waals surface area contributed by atoms with E-state index < -0.39 is 0 Å². The van der Waals surface area contributed by atoms with E-state index in [9.17, 15) is 4.79 Å². The van der Waals surface area contributed by atoms with Crippen molar-refractivity contribution in [3.63, 3.8) is 0 Å². The fourth-order valence-corrected chi connectivity index (χ4v) is 2.99. The van der Waals surface area contributed by atoms with Crippen molar-refractivity contribution in [2.75, 3.05) is 26.2 Å². The molecule has 1 aliphatic heterocycles. The lowest BCUT2D eigenvalue weighted by Gasteiger charge is -2.37. The molecule has 0 unspecified atom stereocenters. The molecular weight excluding hydrogens is 244 g/mol. The molecule has 6 nitrogen and oxygen atoms in total. The fourth-order valence-electron chi connectivity index (χ4n) is 2.99. The van der Waals surface area contributed by atoms with Crippen molar-refractivity contribution in [3.8, 4) is 0 Å². The highest BCUT2D eigenvalue weighted by molar-refractivity contribution is 5.67. The van der Waals surface area contributed by atoms with Crippen LogP contribution in [-0.2, 0) is 0 Å². The largest absolute Gasteiger partial charge is 0.436 e. The minimum absolute atomic E-state index is 0.310.